The van der Waals surface area contributed by atoms with Gasteiger partial charge >= 0.3 is 0 Å². The molecule has 0 radical (unpaired) electrons. The molecule has 1 aromatic heterocycles. The van der Waals surface area contributed by atoms with Crippen LogP contribution in [0.2, 0.25) is 0 Å². The van der Waals surface area contributed by atoms with E-state index in [0.717, 1.165) is 16.8 Å². The number of hydrazine groups is 1. The fourth-order valence-corrected chi connectivity index (χ4v) is 1.69. The first-order valence-electron chi connectivity index (χ1n) is 5.65. The fraction of sp³-hybridized carbons (Fsp3) is 0.231. The van der Waals surface area contributed by atoms with Crippen LogP contribution in [0.25, 0.3) is 0 Å². The minimum Gasteiger partial charge on any atom is -0.308 e. The first-order valence-corrected chi connectivity index (χ1v) is 5.65. The maximum Gasteiger partial charge on any atom is 0.146 e. The first kappa shape index (κ1) is 12.4. The van der Waals surface area contributed by atoms with Gasteiger partial charge in [-0.2, -0.15) is 0 Å². The van der Waals surface area contributed by atoms with Crippen LogP contribution < -0.4 is 11.3 Å². The van der Waals surface area contributed by atoms with Gasteiger partial charge in [-0.1, -0.05) is 12.1 Å². The third-order valence-electron chi connectivity index (χ3n) is 2.85. The van der Waals surface area contributed by atoms with Crippen molar-refractivity contribution < 1.29 is 4.39 Å². The van der Waals surface area contributed by atoms with Crippen molar-refractivity contribution in [2.24, 2.45) is 5.84 Å². The Morgan fingerprint density at radius 3 is 2.44 bits per heavy atom. The molecule has 0 aliphatic rings. The second kappa shape index (κ2) is 5.10. The Bertz CT molecular complexity index is 552. The highest BCUT2D eigenvalue weighted by atomic mass is 19.1. The van der Waals surface area contributed by atoms with Crippen LogP contribution in [0.3, 0.4) is 0 Å². The molecule has 0 saturated heterocycles. The molecule has 1 heterocycles. The summed E-state index contributed by atoms with van der Waals surface area (Å²) in [5.41, 5.74) is 5.34. The van der Waals surface area contributed by atoms with E-state index in [1.165, 1.54) is 12.1 Å². The molecule has 2 rings (SSSR count). The number of nitrogens with two attached hydrogens (primary N) is 1. The number of nitrogens with one attached hydrogen (secondary N) is 1. The number of aromatic nitrogens is 2. The van der Waals surface area contributed by atoms with Crippen molar-refractivity contribution in [3.8, 4) is 0 Å². The molecule has 0 fully saturated rings. The second-order valence-electron chi connectivity index (χ2n) is 4.15. The average Bonchev–Trinajstić information content (AvgIpc) is 2.36. The summed E-state index contributed by atoms with van der Waals surface area (Å²) in [4.78, 5) is 8.73. The zero-order chi connectivity index (χ0) is 13.1. The molecular weight excluding hydrogens is 231 g/mol. The van der Waals surface area contributed by atoms with Gasteiger partial charge in [0.2, 0.25) is 0 Å². The van der Waals surface area contributed by atoms with E-state index in [4.69, 9.17) is 5.84 Å². The van der Waals surface area contributed by atoms with Crippen molar-refractivity contribution in [1.82, 2.24) is 9.97 Å². The predicted molar refractivity (Wildman–Crippen MR) is 68.5 cm³/mol. The highest BCUT2D eigenvalue weighted by Gasteiger charge is 2.07. The van der Waals surface area contributed by atoms with Crippen molar-refractivity contribution in [3.05, 3.63) is 52.7 Å². The zero-order valence-corrected chi connectivity index (χ0v) is 10.4. The van der Waals surface area contributed by atoms with E-state index >= 15 is 0 Å². The molecule has 4 nitrogen and oxygen atoms in total. The van der Waals surface area contributed by atoms with Crippen LogP contribution in [0.4, 0.5) is 10.2 Å². The molecule has 0 saturated carbocycles. The first-order chi connectivity index (χ1) is 8.60. The minimum absolute atomic E-state index is 0.246. The number of rotatable bonds is 3. The summed E-state index contributed by atoms with van der Waals surface area (Å²) in [5.74, 6) is 6.45. The van der Waals surface area contributed by atoms with E-state index in [-0.39, 0.29) is 5.82 Å². The lowest BCUT2D eigenvalue weighted by molar-refractivity contribution is 0.627. The Kier molecular flexibility index (Phi) is 3.53. The summed E-state index contributed by atoms with van der Waals surface area (Å²) in [6.45, 7) is 3.82. The lowest BCUT2D eigenvalue weighted by atomic mass is 10.1. The highest BCUT2D eigenvalue weighted by molar-refractivity contribution is 5.44. The molecule has 5 heteroatoms. The molecule has 1 aromatic carbocycles. The molecule has 0 spiro atoms. The molecule has 0 aliphatic carbocycles. The van der Waals surface area contributed by atoms with Gasteiger partial charge in [-0.3, -0.25) is 0 Å². The third-order valence-corrected chi connectivity index (χ3v) is 2.85. The largest absolute Gasteiger partial charge is 0.308 e. The summed E-state index contributed by atoms with van der Waals surface area (Å²) in [5, 5.41) is 0. The van der Waals surface area contributed by atoms with E-state index in [0.29, 0.717) is 18.1 Å². The average molecular weight is 246 g/mol. The predicted octanol–water partition coefficient (Wildman–Crippen LogP) is 2.11. The van der Waals surface area contributed by atoms with E-state index < -0.39 is 0 Å². The van der Waals surface area contributed by atoms with E-state index in [2.05, 4.69) is 15.4 Å². The molecular formula is C13H15FN4. The van der Waals surface area contributed by atoms with Crippen LogP contribution in [0.5, 0.6) is 0 Å². The number of hydrogen-bond acceptors (Lipinski definition) is 4. The summed E-state index contributed by atoms with van der Waals surface area (Å²) < 4.78 is 12.8. The molecule has 18 heavy (non-hydrogen) atoms. The molecule has 0 aliphatic heterocycles. The molecule has 0 amide bonds. The van der Waals surface area contributed by atoms with Gasteiger partial charge in [0, 0.05) is 17.7 Å². The summed E-state index contributed by atoms with van der Waals surface area (Å²) in [6.07, 6.45) is 0.552. The molecule has 0 bridgehead atoms. The van der Waals surface area contributed by atoms with Gasteiger partial charge in [0.25, 0.3) is 0 Å². The normalized spacial score (nSPS) is 10.4. The summed E-state index contributed by atoms with van der Waals surface area (Å²) in [6, 6.07) is 6.31. The molecule has 94 valence electrons. The molecule has 2 aromatic rings. The number of aryl methyl sites for hydroxylation is 1. The van der Waals surface area contributed by atoms with E-state index in [1.54, 1.807) is 12.1 Å². The quantitative estimate of drug-likeness (QED) is 0.643. The highest BCUT2D eigenvalue weighted by Crippen LogP contribution is 2.15. The molecule has 0 unspecified atom stereocenters. The Labute approximate surface area is 105 Å². The van der Waals surface area contributed by atoms with Gasteiger partial charge in [-0.25, -0.2) is 20.2 Å². The second-order valence-corrected chi connectivity index (χ2v) is 4.15. The van der Waals surface area contributed by atoms with Crippen molar-refractivity contribution in [2.45, 2.75) is 20.3 Å². The maximum atomic E-state index is 12.8. The van der Waals surface area contributed by atoms with Gasteiger partial charge < -0.3 is 5.43 Å². The molecule has 0 atom stereocenters. The smallest absolute Gasteiger partial charge is 0.146 e. The standard InChI is InChI=1S/C13H15FN4/c1-8-9(2)16-12(17-13(8)18-15)7-10-3-5-11(14)6-4-10/h3-6H,7,15H2,1-2H3,(H,16,17,18). The number of anilines is 1. The van der Waals surface area contributed by atoms with Gasteiger partial charge in [-0.15, -0.1) is 0 Å². The van der Waals surface area contributed by atoms with Crippen LogP contribution in [-0.2, 0) is 6.42 Å². The van der Waals surface area contributed by atoms with Crippen LogP contribution in [0, 0.1) is 19.7 Å². The minimum atomic E-state index is -0.246. The summed E-state index contributed by atoms with van der Waals surface area (Å²) in [7, 11) is 0. The van der Waals surface area contributed by atoms with Crippen LogP contribution >= 0.6 is 0 Å². The number of nitrogens with zero attached hydrogens (tertiary/aromatic N) is 2. The molecule has 3 N–H and O–H groups in total. The van der Waals surface area contributed by atoms with Crippen LogP contribution in [0.15, 0.2) is 24.3 Å². The third kappa shape index (κ3) is 2.62. The Morgan fingerprint density at radius 1 is 1.17 bits per heavy atom. The van der Waals surface area contributed by atoms with Gasteiger partial charge in [0.15, 0.2) is 0 Å². The topological polar surface area (TPSA) is 63.8 Å². The zero-order valence-electron chi connectivity index (χ0n) is 10.4. The maximum absolute atomic E-state index is 12.8. The lowest BCUT2D eigenvalue weighted by Crippen LogP contribution is -2.13. The Balaban J connectivity index is 2.29. The monoisotopic (exact) mass is 246 g/mol. The Hall–Kier alpha value is -2.01. The van der Waals surface area contributed by atoms with Gasteiger partial charge in [0.1, 0.15) is 17.5 Å². The van der Waals surface area contributed by atoms with Crippen molar-refractivity contribution in [3.63, 3.8) is 0 Å². The van der Waals surface area contributed by atoms with Gasteiger partial charge in [0.05, 0.1) is 0 Å². The van der Waals surface area contributed by atoms with Crippen LogP contribution in [-0.4, -0.2) is 9.97 Å². The number of hydrogen-bond donors (Lipinski definition) is 2. The van der Waals surface area contributed by atoms with Gasteiger partial charge in [-0.05, 0) is 31.5 Å². The summed E-state index contributed by atoms with van der Waals surface area (Å²) >= 11 is 0. The number of halogens is 1. The van der Waals surface area contributed by atoms with Crippen molar-refractivity contribution >= 4 is 5.82 Å². The fourth-order valence-electron chi connectivity index (χ4n) is 1.69. The van der Waals surface area contributed by atoms with Crippen LogP contribution in [0.1, 0.15) is 22.6 Å². The SMILES string of the molecule is Cc1nc(Cc2ccc(F)cc2)nc(NN)c1C. The van der Waals surface area contributed by atoms with Crippen molar-refractivity contribution in [2.75, 3.05) is 5.43 Å². The van der Waals surface area contributed by atoms with Crippen molar-refractivity contribution in [1.29, 1.82) is 0 Å². The Morgan fingerprint density at radius 2 is 1.83 bits per heavy atom. The number of benzene rings is 1. The lowest BCUT2D eigenvalue weighted by Gasteiger charge is -2.09. The van der Waals surface area contributed by atoms with E-state index in [9.17, 15) is 4.39 Å². The van der Waals surface area contributed by atoms with E-state index in [1.807, 2.05) is 13.8 Å². The number of nitrogen functional groups attached to an aromatic ring is 1.